The Morgan fingerprint density at radius 2 is 2.00 bits per heavy atom. The van der Waals surface area contributed by atoms with E-state index in [0.29, 0.717) is 12.5 Å². The molecule has 3 heterocycles. The maximum Gasteiger partial charge on any atom is 0.236 e. The lowest BCUT2D eigenvalue weighted by Gasteiger charge is -2.31. The SMILES string of the molecule is Cc1ccc(C2=CCN(CC(=O)N3CCCCC3)CC2)o1. The van der Waals surface area contributed by atoms with Gasteiger partial charge in [0.05, 0.1) is 6.54 Å². The van der Waals surface area contributed by atoms with Crippen LogP contribution in [-0.4, -0.2) is 48.4 Å². The zero-order valence-electron chi connectivity index (χ0n) is 12.8. The molecular weight excluding hydrogens is 264 g/mol. The molecule has 1 saturated heterocycles. The zero-order valence-corrected chi connectivity index (χ0v) is 12.8. The van der Waals surface area contributed by atoms with E-state index in [4.69, 9.17) is 4.42 Å². The van der Waals surface area contributed by atoms with Crippen molar-refractivity contribution < 1.29 is 9.21 Å². The highest BCUT2D eigenvalue weighted by atomic mass is 16.3. The average molecular weight is 288 g/mol. The maximum absolute atomic E-state index is 12.3. The van der Waals surface area contributed by atoms with Crippen molar-refractivity contribution >= 4 is 11.5 Å². The van der Waals surface area contributed by atoms with Crippen LogP contribution in [0.5, 0.6) is 0 Å². The second-order valence-corrected chi connectivity index (χ2v) is 6.07. The maximum atomic E-state index is 12.3. The summed E-state index contributed by atoms with van der Waals surface area (Å²) >= 11 is 0. The van der Waals surface area contributed by atoms with Crippen molar-refractivity contribution in [1.82, 2.24) is 9.80 Å². The molecule has 0 saturated carbocycles. The number of carbonyl (C=O) groups is 1. The van der Waals surface area contributed by atoms with Crippen LogP contribution in [0.15, 0.2) is 22.6 Å². The molecule has 2 aliphatic heterocycles. The average Bonchev–Trinajstić information content (AvgIpc) is 2.95. The normalized spacial score (nSPS) is 20.4. The fourth-order valence-corrected chi connectivity index (χ4v) is 3.12. The Balaban J connectivity index is 1.53. The van der Waals surface area contributed by atoms with Crippen molar-refractivity contribution in [1.29, 1.82) is 0 Å². The minimum atomic E-state index is 0.292. The second kappa shape index (κ2) is 6.48. The summed E-state index contributed by atoms with van der Waals surface area (Å²) in [5.74, 6) is 2.23. The van der Waals surface area contributed by atoms with Gasteiger partial charge in [-0.2, -0.15) is 0 Å². The summed E-state index contributed by atoms with van der Waals surface area (Å²) in [7, 11) is 0. The smallest absolute Gasteiger partial charge is 0.236 e. The van der Waals surface area contributed by atoms with E-state index in [1.165, 1.54) is 12.0 Å². The molecule has 0 bridgehead atoms. The van der Waals surface area contributed by atoms with E-state index in [-0.39, 0.29) is 0 Å². The molecule has 1 aromatic heterocycles. The number of hydrogen-bond donors (Lipinski definition) is 0. The monoisotopic (exact) mass is 288 g/mol. The fourth-order valence-electron chi connectivity index (χ4n) is 3.12. The third kappa shape index (κ3) is 3.56. The molecule has 0 radical (unpaired) electrons. The van der Waals surface area contributed by atoms with E-state index in [1.54, 1.807) is 0 Å². The molecule has 1 fully saturated rings. The van der Waals surface area contributed by atoms with Crippen LogP contribution in [0.3, 0.4) is 0 Å². The van der Waals surface area contributed by atoms with Crippen LogP contribution in [0.25, 0.3) is 5.57 Å². The first kappa shape index (κ1) is 14.4. The minimum absolute atomic E-state index is 0.292. The van der Waals surface area contributed by atoms with Crippen molar-refractivity contribution in [2.75, 3.05) is 32.7 Å². The van der Waals surface area contributed by atoms with Gasteiger partial charge < -0.3 is 9.32 Å². The Labute approximate surface area is 126 Å². The molecule has 0 aromatic carbocycles. The van der Waals surface area contributed by atoms with Gasteiger partial charge in [-0.15, -0.1) is 0 Å². The molecule has 1 aromatic rings. The summed E-state index contributed by atoms with van der Waals surface area (Å²) < 4.78 is 5.67. The topological polar surface area (TPSA) is 36.7 Å². The van der Waals surface area contributed by atoms with E-state index >= 15 is 0 Å². The summed E-state index contributed by atoms with van der Waals surface area (Å²) in [5, 5.41) is 0. The lowest BCUT2D eigenvalue weighted by atomic mass is 10.1. The highest BCUT2D eigenvalue weighted by molar-refractivity contribution is 5.78. The number of amides is 1. The second-order valence-electron chi connectivity index (χ2n) is 6.07. The third-order valence-electron chi connectivity index (χ3n) is 4.42. The number of nitrogens with zero attached hydrogens (tertiary/aromatic N) is 2. The summed E-state index contributed by atoms with van der Waals surface area (Å²) in [6, 6.07) is 4.04. The number of hydrogen-bond acceptors (Lipinski definition) is 3. The van der Waals surface area contributed by atoms with E-state index in [2.05, 4.69) is 11.0 Å². The van der Waals surface area contributed by atoms with Crippen LogP contribution < -0.4 is 0 Å². The number of rotatable bonds is 3. The number of piperidine rings is 1. The Morgan fingerprint density at radius 3 is 2.62 bits per heavy atom. The molecule has 4 heteroatoms. The molecule has 21 heavy (non-hydrogen) atoms. The van der Waals surface area contributed by atoms with Crippen molar-refractivity contribution in [2.45, 2.75) is 32.6 Å². The zero-order chi connectivity index (χ0) is 14.7. The molecule has 0 aliphatic carbocycles. The highest BCUT2D eigenvalue weighted by Crippen LogP contribution is 2.24. The largest absolute Gasteiger partial charge is 0.462 e. The fraction of sp³-hybridized carbons (Fsp3) is 0.588. The Bertz CT molecular complexity index is 527. The van der Waals surface area contributed by atoms with E-state index in [9.17, 15) is 4.79 Å². The number of likely N-dealkylation sites (tertiary alicyclic amines) is 1. The van der Waals surface area contributed by atoms with Gasteiger partial charge in [-0.1, -0.05) is 6.08 Å². The van der Waals surface area contributed by atoms with E-state index in [0.717, 1.165) is 57.0 Å². The summed E-state index contributed by atoms with van der Waals surface area (Å²) in [5.41, 5.74) is 1.27. The number of carbonyl (C=O) groups excluding carboxylic acids is 1. The molecular formula is C17H24N2O2. The third-order valence-corrected chi connectivity index (χ3v) is 4.42. The van der Waals surface area contributed by atoms with Gasteiger partial charge in [0.25, 0.3) is 0 Å². The van der Waals surface area contributed by atoms with Crippen molar-refractivity contribution in [2.24, 2.45) is 0 Å². The van der Waals surface area contributed by atoms with E-state index in [1.807, 2.05) is 24.0 Å². The molecule has 2 aliphatic rings. The Kier molecular flexibility index (Phi) is 4.44. The van der Waals surface area contributed by atoms with Crippen LogP contribution in [0.4, 0.5) is 0 Å². The molecule has 0 atom stereocenters. The van der Waals surface area contributed by atoms with Gasteiger partial charge in [0.1, 0.15) is 11.5 Å². The van der Waals surface area contributed by atoms with Crippen molar-refractivity contribution in [3.63, 3.8) is 0 Å². The molecule has 3 rings (SSSR count). The first-order valence-corrected chi connectivity index (χ1v) is 7.98. The van der Waals surface area contributed by atoms with Gasteiger partial charge in [-0.25, -0.2) is 0 Å². The minimum Gasteiger partial charge on any atom is -0.462 e. The summed E-state index contributed by atoms with van der Waals surface area (Å²) in [4.78, 5) is 16.5. The first-order chi connectivity index (χ1) is 10.2. The van der Waals surface area contributed by atoms with Gasteiger partial charge in [-0.3, -0.25) is 9.69 Å². The summed E-state index contributed by atoms with van der Waals surface area (Å²) in [6.07, 6.45) is 6.74. The number of aryl methyl sites for hydroxylation is 1. The van der Waals surface area contributed by atoms with Crippen LogP contribution in [-0.2, 0) is 4.79 Å². The quantitative estimate of drug-likeness (QED) is 0.858. The van der Waals surface area contributed by atoms with Gasteiger partial charge in [0.15, 0.2) is 0 Å². The first-order valence-electron chi connectivity index (χ1n) is 7.98. The molecule has 0 spiro atoms. The molecule has 114 valence electrons. The molecule has 1 amide bonds. The molecule has 4 nitrogen and oxygen atoms in total. The highest BCUT2D eigenvalue weighted by Gasteiger charge is 2.21. The standard InChI is InChI=1S/C17H24N2O2/c1-14-5-6-16(21-14)15-7-11-18(12-8-15)13-17(20)19-9-3-2-4-10-19/h5-7H,2-4,8-13H2,1H3. The van der Waals surface area contributed by atoms with Gasteiger partial charge in [0.2, 0.25) is 5.91 Å². The van der Waals surface area contributed by atoms with Crippen LogP contribution in [0, 0.1) is 6.92 Å². The predicted molar refractivity (Wildman–Crippen MR) is 82.9 cm³/mol. The van der Waals surface area contributed by atoms with Gasteiger partial charge >= 0.3 is 0 Å². The van der Waals surface area contributed by atoms with Crippen LogP contribution >= 0.6 is 0 Å². The van der Waals surface area contributed by atoms with Crippen molar-refractivity contribution in [3.8, 4) is 0 Å². The van der Waals surface area contributed by atoms with Crippen LogP contribution in [0.2, 0.25) is 0 Å². The van der Waals surface area contributed by atoms with Crippen LogP contribution in [0.1, 0.15) is 37.2 Å². The summed E-state index contributed by atoms with van der Waals surface area (Å²) in [6.45, 7) is 6.19. The van der Waals surface area contributed by atoms with E-state index < -0.39 is 0 Å². The molecule has 0 N–H and O–H groups in total. The lowest BCUT2D eigenvalue weighted by Crippen LogP contribution is -2.43. The Hall–Kier alpha value is -1.55. The number of furan rings is 1. The van der Waals surface area contributed by atoms with Gasteiger partial charge in [-0.05, 0) is 50.3 Å². The lowest BCUT2D eigenvalue weighted by molar-refractivity contribution is -0.133. The molecule has 0 unspecified atom stereocenters. The van der Waals surface area contributed by atoms with Gasteiger partial charge in [0, 0.05) is 26.2 Å². The Morgan fingerprint density at radius 1 is 1.19 bits per heavy atom. The van der Waals surface area contributed by atoms with Crippen molar-refractivity contribution in [3.05, 3.63) is 29.7 Å². The predicted octanol–water partition coefficient (Wildman–Crippen LogP) is 2.69.